The first-order chi connectivity index (χ1) is 31.6. The minimum absolute atomic E-state index is 0.0864. The molecule has 6 N–H and O–H groups in total. The third-order valence-electron chi connectivity index (χ3n) is 12.0. The smallest absolute Gasteiger partial charge is 0.408 e. The van der Waals surface area contributed by atoms with Crippen LogP contribution >= 0.6 is 0 Å². The van der Waals surface area contributed by atoms with Crippen LogP contribution in [0.1, 0.15) is 80.2 Å². The van der Waals surface area contributed by atoms with Crippen LogP contribution in [0, 0.1) is 5.92 Å². The summed E-state index contributed by atoms with van der Waals surface area (Å²) >= 11 is 0. The van der Waals surface area contributed by atoms with E-state index in [1.54, 1.807) is 54.2 Å². The molecule has 0 radical (unpaired) electrons. The second-order valence-electron chi connectivity index (χ2n) is 16.4. The number of pyridine rings is 1. The van der Waals surface area contributed by atoms with Crippen LogP contribution < -0.4 is 26.2 Å². The number of nitrogens with one attached hydrogen (secondary N) is 4. The van der Waals surface area contributed by atoms with Crippen LogP contribution in [0.15, 0.2) is 114 Å². The van der Waals surface area contributed by atoms with E-state index in [4.69, 9.17) is 14.2 Å². The minimum Gasteiger partial charge on any atom is -0.506 e. The number of H-pyrrole nitrogens is 1. The molecule has 6 aromatic rings. The maximum atomic E-state index is 13.2. The van der Waals surface area contributed by atoms with Crippen LogP contribution in [0.2, 0.25) is 0 Å². The predicted octanol–water partition coefficient (Wildman–Crippen LogP) is 5.26. The lowest BCUT2D eigenvalue weighted by Crippen LogP contribution is -2.52. The van der Waals surface area contributed by atoms with E-state index >= 15 is 0 Å². The summed E-state index contributed by atoms with van der Waals surface area (Å²) in [6, 6.07) is 31.5. The van der Waals surface area contributed by atoms with Crippen molar-refractivity contribution in [2.24, 2.45) is 13.0 Å². The molecule has 2 aromatic heterocycles. The summed E-state index contributed by atoms with van der Waals surface area (Å²) in [5, 5.41) is 34.9. The number of carbonyl (C=O) groups is 3. The quantitative estimate of drug-likeness (QED) is 0.0483. The third kappa shape index (κ3) is 11.2. The summed E-state index contributed by atoms with van der Waals surface area (Å²) in [5.41, 5.74) is 4.38. The first kappa shape index (κ1) is 44.6. The standard InChI is InChI=1S/C49H53N7O9/c1-55-36(27-50-28-42(58)38-15-17-41(57)46-39(38)16-18-44(59)52-46)26-40(54-55)47(60)51-21-6-24-63-48(61)34-13-11-31(12-14-34)30-64-37-10-5-9-35(25-37)45(33-7-3-2-4-8-33)53-49(62)65-43-29-56-22-19-32(43)20-23-56/h2-5,7-18,25-26,32,42-43,45,50,57-58H,6,19-24,27-30H2,1H3,(H,51,60)(H,52,59)(H,53,62)/t42?,43?,45-/m0/s1. The van der Waals surface area contributed by atoms with E-state index in [0.717, 1.165) is 49.2 Å². The largest absolute Gasteiger partial charge is 0.506 e. The van der Waals surface area contributed by atoms with Gasteiger partial charge >= 0.3 is 12.1 Å². The lowest BCUT2D eigenvalue weighted by atomic mass is 9.86. The number of hydrogen-bond donors (Lipinski definition) is 6. The number of benzene rings is 4. The SMILES string of the molecule is Cn1nc(C(=O)NCCCOC(=O)c2ccc(COc3cccc([C@@H](NC(=O)OC4CN5CCC4CC5)c4ccccc4)c3)cc2)cc1CNCC(O)c1ccc(O)c2[nH]c(=O)ccc12. The van der Waals surface area contributed by atoms with Gasteiger partial charge in [-0.2, -0.15) is 5.10 Å². The number of phenolic OH excluding ortho intramolecular Hbond substituents is 1. The Morgan fingerprint density at radius 3 is 2.48 bits per heavy atom. The van der Waals surface area contributed by atoms with Crippen LogP contribution in [-0.4, -0.2) is 93.3 Å². The average Bonchev–Trinajstić information content (AvgIpc) is 3.70. The number of piperidine rings is 3. The van der Waals surface area contributed by atoms with Crippen molar-refractivity contribution in [3.05, 3.63) is 159 Å². The van der Waals surface area contributed by atoms with Crippen molar-refractivity contribution < 1.29 is 38.8 Å². The number of carbonyl (C=O) groups excluding carboxylic acids is 3. The van der Waals surface area contributed by atoms with Crippen molar-refractivity contribution >= 4 is 28.9 Å². The number of aryl methyl sites for hydroxylation is 1. The molecular weight excluding hydrogens is 831 g/mol. The number of rotatable bonds is 18. The molecule has 4 aromatic carbocycles. The van der Waals surface area contributed by atoms with Gasteiger partial charge in [-0.3, -0.25) is 19.2 Å². The number of amides is 2. The number of alkyl carbamates (subject to hydrolysis) is 1. The first-order valence-electron chi connectivity index (χ1n) is 21.9. The highest BCUT2D eigenvalue weighted by Crippen LogP contribution is 2.31. The number of aliphatic hydroxyl groups excluding tert-OH is 1. The molecule has 9 rings (SSSR count). The van der Waals surface area contributed by atoms with Crippen LogP contribution in [0.5, 0.6) is 11.5 Å². The first-order valence-corrected chi connectivity index (χ1v) is 21.9. The van der Waals surface area contributed by atoms with E-state index in [0.29, 0.717) is 46.8 Å². The number of ether oxygens (including phenoxy) is 3. The van der Waals surface area contributed by atoms with Gasteiger partial charge in [0.2, 0.25) is 5.56 Å². The van der Waals surface area contributed by atoms with Gasteiger partial charge < -0.3 is 45.4 Å². The second kappa shape index (κ2) is 20.7. The van der Waals surface area contributed by atoms with Gasteiger partial charge in [0.25, 0.3) is 5.91 Å². The average molecular weight is 884 g/mol. The molecule has 2 unspecified atom stereocenters. The molecular formula is C49H53N7O9. The summed E-state index contributed by atoms with van der Waals surface area (Å²) in [5.74, 6) is 0.0885. The molecule has 3 aliphatic rings. The highest BCUT2D eigenvalue weighted by molar-refractivity contribution is 5.92. The molecule has 2 bridgehead atoms. The molecule has 338 valence electrons. The van der Waals surface area contributed by atoms with Gasteiger partial charge in [0.15, 0.2) is 0 Å². The van der Waals surface area contributed by atoms with Crippen molar-refractivity contribution in [2.45, 2.75) is 50.7 Å². The Morgan fingerprint density at radius 2 is 1.71 bits per heavy atom. The molecule has 3 fully saturated rings. The van der Waals surface area contributed by atoms with Crippen molar-refractivity contribution in [1.29, 1.82) is 0 Å². The molecule has 16 heteroatoms. The molecule has 3 atom stereocenters. The molecule has 2 amide bonds. The molecule has 5 heterocycles. The maximum absolute atomic E-state index is 13.2. The van der Waals surface area contributed by atoms with Crippen LogP contribution in [-0.2, 0) is 29.7 Å². The van der Waals surface area contributed by atoms with E-state index in [1.165, 1.54) is 12.1 Å². The number of aliphatic hydroxyl groups is 1. The normalized spacial score (nSPS) is 17.5. The van der Waals surface area contributed by atoms with Crippen molar-refractivity contribution in [1.82, 2.24) is 35.6 Å². The summed E-state index contributed by atoms with van der Waals surface area (Å²) in [6.45, 7) is 4.01. The number of nitrogens with zero attached hydrogens (tertiary/aromatic N) is 3. The van der Waals surface area contributed by atoms with E-state index in [1.807, 2.05) is 54.6 Å². The fraction of sp³-hybridized carbons (Fsp3) is 0.327. The number of phenols is 1. The molecule has 65 heavy (non-hydrogen) atoms. The highest BCUT2D eigenvalue weighted by Gasteiger charge is 2.37. The van der Waals surface area contributed by atoms with Gasteiger partial charge in [0.05, 0.1) is 35.5 Å². The Hall–Kier alpha value is -7.01. The molecule has 0 saturated carbocycles. The topological polar surface area (TPSA) is 209 Å². The van der Waals surface area contributed by atoms with Crippen LogP contribution in [0.25, 0.3) is 10.9 Å². The van der Waals surface area contributed by atoms with Gasteiger partial charge in [-0.05, 0) is 103 Å². The Morgan fingerprint density at radius 1 is 0.923 bits per heavy atom. The van der Waals surface area contributed by atoms with Gasteiger partial charge in [-0.1, -0.05) is 60.7 Å². The van der Waals surface area contributed by atoms with E-state index < -0.39 is 24.2 Å². The molecule has 3 saturated heterocycles. The van der Waals surface area contributed by atoms with Crippen LogP contribution in [0.4, 0.5) is 4.79 Å². The summed E-state index contributed by atoms with van der Waals surface area (Å²) in [6.07, 6.45) is 1.03. The van der Waals surface area contributed by atoms with Gasteiger partial charge in [-0.15, -0.1) is 0 Å². The minimum atomic E-state index is -0.938. The lowest BCUT2D eigenvalue weighted by Gasteiger charge is -2.43. The Labute approximate surface area is 375 Å². The number of aromatic nitrogens is 3. The van der Waals surface area contributed by atoms with Crippen molar-refractivity contribution in [3.63, 3.8) is 0 Å². The predicted molar refractivity (Wildman–Crippen MR) is 241 cm³/mol. The zero-order valence-electron chi connectivity index (χ0n) is 36.1. The molecule has 16 nitrogen and oxygen atoms in total. The zero-order chi connectivity index (χ0) is 45.3. The van der Waals surface area contributed by atoms with Gasteiger partial charge in [0.1, 0.15) is 29.9 Å². The second-order valence-corrected chi connectivity index (χ2v) is 16.4. The van der Waals surface area contributed by atoms with E-state index in [9.17, 15) is 29.4 Å². The summed E-state index contributed by atoms with van der Waals surface area (Å²) in [4.78, 5) is 55.5. The van der Waals surface area contributed by atoms with E-state index in [-0.39, 0.29) is 60.8 Å². The maximum Gasteiger partial charge on any atom is 0.408 e. The fourth-order valence-corrected chi connectivity index (χ4v) is 8.42. The zero-order valence-corrected chi connectivity index (χ0v) is 36.1. The number of hydrogen-bond acceptors (Lipinski definition) is 12. The molecule has 3 aliphatic heterocycles. The summed E-state index contributed by atoms with van der Waals surface area (Å²) in [7, 11) is 1.72. The van der Waals surface area contributed by atoms with E-state index in [2.05, 4.69) is 30.9 Å². The molecule has 0 spiro atoms. The number of fused-ring (bicyclic) bond motifs is 4. The van der Waals surface area contributed by atoms with Crippen molar-refractivity contribution in [3.8, 4) is 11.5 Å². The van der Waals surface area contributed by atoms with Crippen molar-refractivity contribution in [2.75, 3.05) is 39.3 Å². The molecule has 0 aliphatic carbocycles. The highest BCUT2D eigenvalue weighted by atomic mass is 16.6. The van der Waals surface area contributed by atoms with Gasteiger partial charge in [0, 0.05) is 44.7 Å². The fourth-order valence-electron chi connectivity index (χ4n) is 8.42. The third-order valence-corrected chi connectivity index (χ3v) is 12.0. The Kier molecular flexibility index (Phi) is 14.2. The Bertz CT molecular complexity index is 2660. The number of aromatic amines is 1. The monoisotopic (exact) mass is 883 g/mol. The Balaban J connectivity index is 0.755. The number of esters is 1. The lowest BCUT2D eigenvalue weighted by molar-refractivity contribution is -0.0336. The summed E-state index contributed by atoms with van der Waals surface area (Å²) < 4.78 is 19.2. The van der Waals surface area contributed by atoms with Crippen LogP contribution in [0.3, 0.4) is 0 Å². The number of aromatic hydroxyl groups is 1. The van der Waals surface area contributed by atoms with Gasteiger partial charge in [-0.25, -0.2) is 9.59 Å².